The fraction of sp³-hybridized carbons (Fsp3) is 0.273. The van der Waals surface area contributed by atoms with Crippen molar-refractivity contribution in [3.05, 3.63) is 34.4 Å². The molecule has 0 aromatic heterocycles. The molecule has 1 aromatic rings. The summed E-state index contributed by atoms with van der Waals surface area (Å²) in [6.45, 7) is 1.67. The Kier molecular flexibility index (Phi) is 2.63. The number of nitrogens with zero attached hydrogens (tertiary/aromatic N) is 2. The third kappa shape index (κ3) is 1.89. The van der Waals surface area contributed by atoms with Crippen LogP contribution in [-0.2, 0) is 9.59 Å². The van der Waals surface area contributed by atoms with Crippen molar-refractivity contribution >= 4 is 23.2 Å². The van der Waals surface area contributed by atoms with Crippen LogP contribution in [0.3, 0.4) is 0 Å². The number of nitro groups is 1. The number of nitro benzene ring substituents is 1. The minimum absolute atomic E-state index is 0.124. The summed E-state index contributed by atoms with van der Waals surface area (Å²) in [5, 5.41) is 10.5. The Labute approximate surface area is 97.0 Å². The molecule has 2 amide bonds. The van der Waals surface area contributed by atoms with Gasteiger partial charge in [0.25, 0.3) is 5.69 Å². The van der Waals surface area contributed by atoms with Gasteiger partial charge in [0, 0.05) is 30.5 Å². The Hall–Kier alpha value is -2.24. The summed E-state index contributed by atoms with van der Waals surface area (Å²) in [6.07, 6.45) is 0.170. The van der Waals surface area contributed by atoms with Gasteiger partial charge >= 0.3 is 0 Å². The summed E-state index contributed by atoms with van der Waals surface area (Å²) in [7, 11) is 0. The van der Waals surface area contributed by atoms with E-state index in [0.29, 0.717) is 0 Å². The van der Waals surface area contributed by atoms with Crippen molar-refractivity contribution in [2.45, 2.75) is 13.3 Å². The van der Waals surface area contributed by atoms with Crippen molar-refractivity contribution in [1.29, 1.82) is 0 Å². The molecule has 0 saturated carbocycles. The van der Waals surface area contributed by atoms with E-state index in [1.165, 1.54) is 12.1 Å². The van der Waals surface area contributed by atoms with E-state index >= 15 is 0 Å². The molecule has 1 aliphatic rings. The fourth-order valence-corrected chi connectivity index (χ4v) is 1.70. The van der Waals surface area contributed by atoms with Gasteiger partial charge in [0.05, 0.1) is 10.6 Å². The first-order valence-corrected chi connectivity index (χ1v) is 5.03. The number of amides is 2. The molecule has 0 aliphatic carbocycles. The van der Waals surface area contributed by atoms with Gasteiger partial charge in [-0.25, -0.2) is 4.90 Å². The number of carbonyl (C=O) groups is 2. The Bertz CT molecular complexity index is 495. The van der Waals surface area contributed by atoms with E-state index in [1.54, 1.807) is 6.92 Å². The molecular weight excluding hydrogens is 224 g/mol. The van der Waals surface area contributed by atoms with Crippen molar-refractivity contribution < 1.29 is 14.5 Å². The van der Waals surface area contributed by atoms with Crippen molar-refractivity contribution in [2.75, 3.05) is 4.90 Å². The lowest BCUT2D eigenvalue weighted by Crippen LogP contribution is -2.29. The average Bonchev–Trinajstić information content (AvgIpc) is 2.53. The highest BCUT2D eigenvalue weighted by atomic mass is 16.6. The van der Waals surface area contributed by atoms with E-state index < -0.39 is 4.92 Å². The van der Waals surface area contributed by atoms with Gasteiger partial charge in [0.2, 0.25) is 11.8 Å². The molecule has 1 saturated heterocycles. The molecular formula is C11H9N2O4. The molecule has 1 aliphatic heterocycles. The van der Waals surface area contributed by atoms with Crippen LogP contribution in [0.1, 0.15) is 13.3 Å². The number of imide groups is 1. The predicted octanol–water partition coefficient (Wildman–Crippen LogP) is 1.29. The van der Waals surface area contributed by atoms with Gasteiger partial charge in [-0.05, 0) is 6.07 Å². The Morgan fingerprint density at radius 2 is 2.18 bits per heavy atom. The molecule has 0 bridgehead atoms. The van der Waals surface area contributed by atoms with Gasteiger partial charge in [0.1, 0.15) is 0 Å². The first kappa shape index (κ1) is 11.3. The molecule has 17 heavy (non-hydrogen) atoms. The molecule has 1 unspecified atom stereocenters. The Morgan fingerprint density at radius 1 is 1.47 bits per heavy atom. The topological polar surface area (TPSA) is 80.5 Å². The minimum atomic E-state index is -0.559. The summed E-state index contributed by atoms with van der Waals surface area (Å²) in [5.41, 5.74) is 0.135. The van der Waals surface area contributed by atoms with Gasteiger partial charge in [-0.3, -0.25) is 19.7 Å². The molecule has 6 heteroatoms. The van der Waals surface area contributed by atoms with Crippen LogP contribution < -0.4 is 4.90 Å². The van der Waals surface area contributed by atoms with Crippen LogP contribution in [0.15, 0.2) is 18.2 Å². The highest BCUT2D eigenvalue weighted by Crippen LogP contribution is 2.26. The van der Waals surface area contributed by atoms with Gasteiger partial charge < -0.3 is 0 Å². The second kappa shape index (κ2) is 3.97. The first-order chi connectivity index (χ1) is 8.00. The second-order valence-electron chi connectivity index (χ2n) is 3.86. The first-order valence-electron chi connectivity index (χ1n) is 5.03. The number of anilines is 1. The van der Waals surface area contributed by atoms with Gasteiger partial charge in [-0.1, -0.05) is 6.92 Å². The zero-order valence-electron chi connectivity index (χ0n) is 9.04. The maximum absolute atomic E-state index is 11.7. The highest BCUT2D eigenvalue weighted by molar-refractivity contribution is 6.20. The van der Waals surface area contributed by atoms with Crippen LogP contribution in [0.25, 0.3) is 0 Å². The Morgan fingerprint density at radius 3 is 2.59 bits per heavy atom. The summed E-state index contributed by atoms with van der Waals surface area (Å²) < 4.78 is 0. The summed E-state index contributed by atoms with van der Waals surface area (Å²) in [4.78, 5) is 34.2. The fourth-order valence-electron chi connectivity index (χ4n) is 1.70. The molecule has 6 nitrogen and oxygen atoms in total. The zero-order valence-corrected chi connectivity index (χ0v) is 9.04. The van der Waals surface area contributed by atoms with Crippen LogP contribution in [-0.4, -0.2) is 16.7 Å². The van der Waals surface area contributed by atoms with Gasteiger partial charge in [-0.15, -0.1) is 0 Å². The number of carbonyl (C=O) groups excluding carboxylic acids is 2. The molecule has 87 valence electrons. The van der Waals surface area contributed by atoms with Crippen LogP contribution in [0.2, 0.25) is 0 Å². The predicted molar refractivity (Wildman–Crippen MR) is 58.2 cm³/mol. The van der Waals surface area contributed by atoms with E-state index in [4.69, 9.17) is 0 Å². The number of hydrogen-bond donors (Lipinski definition) is 0. The third-order valence-electron chi connectivity index (χ3n) is 2.60. The summed E-state index contributed by atoms with van der Waals surface area (Å²) >= 11 is 0. The van der Waals surface area contributed by atoms with E-state index in [2.05, 4.69) is 6.07 Å². The molecule has 1 fully saturated rings. The SMILES string of the molecule is CC1CC(=O)N(c2[c]cc([N+](=O)[O-])cc2)C1=O. The smallest absolute Gasteiger partial charge is 0.270 e. The molecule has 0 spiro atoms. The van der Waals surface area contributed by atoms with Crippen LogP contribution >= 0.6 is 0 Å². The normalized spacial score (nSPS) is 19.8. The van der Waals surface area contributed by atoms with E-state index in [1.807, 2.05) is 0 Å². The van der Waals surface area contributed by atoms with E-state index in [9.17, 15) is 19.7 Å². The number of benzene rings is 1. The molecule has 1 radical (unpaired) electrons. The number of rotatable bonds is 2. The van der Waals surface area contributed by atoms with Crippen LogP contribution in [0.5, 0.6) is 0 Å². The molecule has 2 rings (SSSR count). The molecule has 1 aromatic carbocycles. The summed E-state index contributed by atoms with van der Waals surface area (Å²) in [5.74, 6) is -0.932. The summed E-state index contributed by atoms with van der Waals surface area (Å²) in [6, 6.07) is 6.33. The van der Waals surface area contributed by atoms with Crippen molar-refractivity contribution in [1.82, 2.24) is 0 Å². The molecule has 0 N–H and O–H groups in total. The lowest BCUT2D eigenvalue weighted by molar-refractivity contribution is -0.384. The lowest BCUT2D eigenvalue weighted by Gasteiger charge is -2.13. The highest BCUT2D eigenvalue weighted by Gasteiger charge is 2.36. The lowest BCUT2D eigenvalue weighted by atomic mass is 10.1. The maximum atomic E-state index is 11.7. The largest absolute Gasteiger partial charge is 0.274 e. The number of hydrogen-bond acceptors (Lipinski definition) is 4. The average molecular weight is 233 g/mol. The van der Waals surface area contributed by atoms with Gasteiger partial charge in [-0.2, -0.15) is 0 Å². The van der Waals surface area contributed by atoms with Crippen molar-refractivity contribution in [3.8, 4) is 0 Å². The third-order valence-corrected chi connectivity index (χ3v) is 2.60. The molecule has 1 atom stereocenters. The quantitative estimate of drug-likeness (QED) is 0.438. The maximum Gasteiger partial charge on any atom is 0.270 e. The standard InChI is InChI=1S/C11H9N2O4/c1-7-6-10(14)12(11(7)15)8-2-4-9(5-3-8)13(16)17/h2,4-5,7H,6H2,1H3. The van der Waals surface area contributed by atoms with Crippen LogP contribution in [0.4, 0.5) is 11.4 Å². The van der Waals surface area contributed by atoms with Gasteiger partial charge in [0.15, 0.2) is 0 Å². The van der Waals surface area contributed by atoms with E-state index in [0.717, 1.165) is 11.0 Å². The second-order valence-corrected chi connectivity index (χ2v) is 3.86. The molecule has 1 heterocycles. The minimum Gasteiger partial charge on any atom is -0.274 e. The Balaban J connectivity index is 2.32. The zero-order chi connectivity index (χ0) is 12.6. The number of non-ortho nitro benzene ring substituents is 1. The van der Waals surface area contributed by atoms with E-state index in [-0.39, 0.29) is 35.5 Å². The van der Waals surface area contributed by atoms with Crippen LogP contribution in [0, 0.1) is 22.1 Å². The van der Waals surface area contributed by atoms with Crippen molar-refractivity contribution in [2.24, 2.45) is 5.92 Å². The van der Waals surface area contributed by atoms with Crippen molar-refractivity contribution in [3.63, 3.8) is 0 Å². The monoisotopic (exact) mass is 233 g/mol.